The monoisotopic (exact) mass is 152 g/mol. The zero-order valence-corrected chi connectivity index (χ0v) is 6.50. The molecule has 0 aliphatic heterocycles. The number of hydrogen-bond donors (Lipinski definition) is 2. The van der Waals surface area contributed by atoms with Gasteiger partial charge < -0.3 is 16.2 Å². The van der Waals surface area contributed by atoms with Gasteiger partial charge in [-0.1, -0.05) is 6.07 Å². The minimum atomic E-state index is 0.468. The summed E-state index contributed by atoms with van der Waals surface area (Å²) in [5.41, 5.74) is 12.7. The number of rotatable bonds is 2. The molecule has 0 fully saturated rings. The SMILES string of the molecule is COc1ccc(CN)c(N)c1. The van der Waals surface area contributed by atoms with E-state index < -0.39 is 0 Å². The maximum atomic E-state index is 5.65. The summed E-state index contributed by atoms with van der Waals surface area (Å²) in [4.78, 5) is 0. The molecular formula is C8H12N2O. The van der Waals surface area contributed by atoms with Gasteiger partial charge in [0.25, 0.3) is 0 Å². The highest BCUT2D eigenvalue weighted by molar-refractivity contribution is 5.51. The van der Waals surface area contributed by atoms with Gasteiger partial charge in [-0.25, -0.2) is 0 Å². The number of nitrogens with two attached hydrogens (primary N) is 2. The lowest BCUT2D eigenvalue weighted by Crippen LogP contribution is -2.01. The molecule has 4 N–H and O–H groups in total. The van der Waals surface area contributed by atoms with E-state index in [-0.39, 0.29) is 0 Å². The lowest BCUT2D eigenvalue weighted by Gasteiger charge is -2.04. The van der Waals surface area contributed by atoms with E-state index >= 15 is 0 Å². The molecule has 1 aromatic rings. The van der Waals surface area contributed by atoms with Gasteiger partial charge in [-0.05, 0) is 11.6 Å². The normalized spacial score (nSPS) is 9.64. The van der Waals surface area contributed by atoms with Crippen molar-refractivity contribution < 1.29 is 4.74 Å². The maximum absolute atomic E-state index is 5.65. The van der Waals surface area contributed by atoms with E-state index in [1.807, 2.05) is 12.1 Å². The third-order valence-electron chi connectivity index (χ3n) is 1.57. The number of anilines is 1. The zero-order chi connectivity index (χ0) is 8.27. The summed E-state index contributed by atoms with van der Waals surface area (Å²) in [6, 6.07) is 5.48. The summed E-state index contributed by atoms with van der Waals surface area (Å²) in [5.74, 6) is 0.764. The van der Waals surface area contributed by atoms with Crippen LogP contribution >= 0.6 is 0 Å². The summed E-state index contributed by atoms with van der Waals surface area (Å²) in [6.45, 7) is 0.468. The predicted molar refractivity (Wildman–Crippen MR) is 45.3 cm³/mol. The topological polar surface area (TPSA) is 61.3 Å². The summed E-state index contributed by atoms with van der Waals surface area (Å²) in [7, 11) is 1.61. The molecule has 0 aromatic heterocycles. The Balaban J connectivity index is 2.99. The average molecular weight is 152 g/mol. The fourth-order valence-corrected chi connectivity index (χ4v) is 0.886. The van der Waals surface area contributed by atoms with Crippen LogP contribution in [0.15, 0.2) is 18.2 Å². The molecule has 3 heteroatoms. The van der Waals surface area contributed by atoms with Crippen LogP contribution in [0.5, 0.6) is 5.75 Å². The minimum Gasteiger partial charge on any atom is -0.497 e. The first-order chi connectivity index (χ1) is 5.27. The summed E-state index contributed by atoms with van der Waals surface area (Å²) < 4.78 is 4.97. The highest BCUT2D eigenvalue weighted by Gasteiger charge is 1.97. The maximum Gasteiger partial charge on any atom is 0.120 e. The van der Waals surface area contributed by atoms with Crippen molar-refractivity contribution in [2.75, 3.05) is 12.8 Å². The minimum absolute atomic E-state index is 0.468. The smallest absolute Gasteiger partial charge is 0.120 e. The van der Waals surface area contributed by atoms with Crippen molar-refractivity contribution >= 4 is 5.69 Å². The Morgan fingerprint density at radius 3 is 2.64 bits per heavy atom. The molecule has 0 heterocycles. The Morgan fingerprint density at radius 2 is 2.18 bits per heavy atom. The second-order valence-electron chi connectivity index (χ2n) is 2.27. The molecule has 0 radical (unpaired) electrons. The summed E-state index contributed by atoms with van der Waals surface area (Å²) >= 11 is 0. The van der Waals surface area contributed by atoms with Gasteiger partial charge in [0.1, 0.15) is 5.75 Å². The van der Waals surface area contributed by atoms with Crippen LogP contribution in [0.25, 0.3) is 0 Å². The number of hydrogen-bond acceptors (Lipinski definition) is 3. The molecule has 1 aromatic carbocycles. The van der Waals surface area contributed by atoms with Crippen LogP contribution in [-0.4, -0.2) is 7.11 Å². The van der Waals surface area contributed by atoms with Crippen molar-refractivity contribution in [1.82, 2.24) is 0 Å². The summed E-state index contributed by atoms with van der Waals surface area (Å²) in [6.07, 6.45) is 0. The van der Waals surface area contributed by atoms with Gasteiger partial charge in [0.2, 0.25) is 0 Å². The van der Waals surface area contributed by atoms with Crippen LogP contribution in [0, 0.1) is 0 Å². The average Bonchev–Trinajstić information content (AvgIpc) is 2.04. The Kier molecular flexibility index (Phi) is 2.33. The van der Waals surface area contributed by atoms with E-state index in [1.54, 1.807) is 13.2 Å². The Morgan fingerprint density at radius 1 is 1.45 bits per heavy atom. The van der Waals surface area contributed by atoms with Crippen molar-refractivity contribution in [2.45, 2.75) is 6.54 Å². The third-order valence-corrected chi connectivity index (χ3v) is 1.57. The van der Waals surface area contributed by atoms with Gasteiger partial charge in [0, 0.05) is 18.3 Å². The van der Waals surface area contributed by atoms with Crippen LogP contribution in [0.2, 0.25) is 0 Å². The fourth-order valence-electron chi connectivity index (χ4n) is 0.886. The molecule has 60 valence electrons. The molecule has 0 spiro atoms. The predicted octanol–water partition coefficient (Wildman–Crippen LogP) is 0.736. The second kappa shape index (κ2) is 3.25. The van der Waals surface area contributed by atoms with Gasteiger partial charge in [0.05, 0.1) is 7.11 Å². The Bertz CT molecular complexity index is 248. The molecule has 0 atom stereocenters. The van der Waals surface area contributed by atoms with Gasteiger partial charge in [-0.2, -0.15) is 0 Å². The second-order valence-corrected chi connectivity index (χ2v) is 2.27. The fraction of sp³-hybridized carbons (Fsp3) is 0.250. The van der Waals surface area contributed by atoms with E-state index in [2.05, 4.69) is 0 Å². The highest BCUT2D eigenvalue weighted by atomic mass is 16.5. The van der Waals surface area contributed by atoms with Crippen LogP contribution in [-0.2, 0) is 6.54 Å². The van der Waals surface area contributed by atoms with Gasteiger partial charge in [-0.15, -0.1) is 0 Å². The first kappa shape index (κ1) is 7.88. The van der Waals surface area contributed by atoms with Crippen LogP contribution in [0.3, 0.4) is 0 Å². The van der Waals surface area contributed by atoms with E-state index in [1.165, 1.54) is 0 Å². The quantitative estimate of drug-likeness (QED) is 0.614. The van der Waals surface area contributed by atoms with E-state index in [9.17, 15) is 0 Å². The molecule has 0 aliphatic carbocycles. The molecule has 0 unspecified atom stereocenters. The summed E-state index contributed by atoms with van der Waals surface area (Å²) in [5, 5.41) is 0. The molecule has 0 saturated carbocycles. The Hall–Kier alpha value is -1.22. The molecule has 3 nitrogen and oxygen atoms in total. The number of ether oxygens (including phenoxy) is 1. The lowest BCUT2D eigenvalue weighted by atomic mass is 10.2. The van der Waals surface area contributed by atoms with Crippen molar-refractivity contribution in [3.8, 4) is 5.75 Å². The number of benzene rings is 1. The third kappa shape index (κ3) is 1.62. The van der Waals surface area contributed by atoms with Crippen LogP contribution < -0.4 is 16.2 Å². The van der Waals surface area contributed by atoms with Gasteiger partial charge in [0.15, 0.2) is 0 Å². The van der Waals surface area contributed by atoms with Crippen LogP contribution in [0.4, 0.5) is 5.69 Å². The van der Waals surface area contributed by atoms with Crippen molar-refractivity contribution in [2.24, 2.45) is 5.73 Å². The van der Waals surface area contributed by atoms with Crippen LogP contribution in [0.1, 0.15) is 5.56 Å². The standard InChI is InChI=1S/C8H12N2O/c1-11-7-3-2-6(5-9)8(10)4-7/h2-4H,5,9-10H2,1H3. The molecular weight excluding hydrogens is 140 g/mol. The number of nitrogen functional groups attached to an aromatic ring is 1. The molecule has 1 rings (SSSR count). The molecule has 0 amide bonds. The molecule has 0 bridgehead atoms. The van der Waals surface area contributed by atoms with Gasteiger partial charge >= 0.3 is 0 Å². The van der Waals surface area contributed by atoms with E-state index in [0.29, 0.717) is 12.2 Å². The molecule has 0 saturated heterocycles. The number of methoxy groups -OCH3 is 1. The first-order valence-electron chi connectivity index (χ1n) is 3.40. The highest BCUT2D eigenvalue weighted by Crippen LogP contribution is 2.18. The zero-order valence-electron chi connectivity index (χ0n) is 6.50. The van der Waals surface area contributed by atoms with Crippen molar-refractivity contribution in [3.05, 3.63) is 23.8 Å². The van der Waals surface area contributed by atoms with Crippen molar-refractivity contribution in [3.63, 3.8) is 0 Å². The molecule has 0 aliphatic rings. The Labute approximate surface area is 66.0 Å². The molecule has 11 heavy (non-hydrogen) atoms. The van der Waals surface area contributed by atoms with Gasteiger partial charge in [-0.3, -0.25) is 0 Å². The largest absolute Gasteiger partial charge is 0.497 e. The van der Waals surface area contributed by atoms with E-state index in [4.69, 9.17) is 16.2 Å². The lowest BCUT2D eigenvalue weighted by molar-refractivity contribution is 0.415. The first-order valence-corrected chi connectivity index (χ1v) is 3.40. The van der Waals surface area contributed by atoms with E-state index in [0.717, 1.165) is 11.3 Å². The van der Waals surface area contributed by atoms with Crippen molar-refractivity contribution in [1.29, 1.82) is 0 Å².